The smallest absolute Gasteiger partial charge is 0.236 e. The maximum absolute atomic E-state index is 13.2. The molecule has 1 amide bonds. The minimum absolute atomic E-state index is 0.172. The third-order valence-electron chi connectivity index (χ3n) is 6.03. The molecule has 1 atom stereocenters. The molecule has 2 aromatic heterocycles. The quantitative estimate of drug-likeness (QED) is 0.528. The van der Waals surface area contributed by atoms with Gasteiger partial charge in [0, 0.05) is 23.7 Å². The van der Waals surface area contributed by atoms with E-state index in [9.17, 15) is 4.79 Å². The minimum Gasteiger partial charge on any atom is -0.337 e. The molecule has 0 saturated carbocycles. The molecule has 0 bridgehead atoms. The van der Waals surface area contributed by atoms with Crippen LogP contribution in [0.15, 0.2) is 46.9 Å². The summed E-state index contributed by atoms with van der Waals surface area (Å²) in [6.45, 7) is 6.51. The van der Waals surface area contributed by atoms with Crippen LogP contribution in [0.5, 0.6) is 0 Å². The number of hydrogen-bond acceptors (Lipinski definition) is 6. The lowest BCUT2D eigenvalue weighted by Crippen LogP contribution is -2.39. The third kappa shape index (κ3) is 4.42. The first-order chi connectivity index (χ1) is 15.2. The Kier molecular flexibility index (Phi) is 6.11. The van der Waals surface area contributed by atoms with Gasteiger partial charge in [-0.05, 0) is 68.4 Å². The maximum Gasteiger partial charge on any atom is 0.236 e. The Labute approximate surface area is 191 Å². The summed E-state index contributed by atoms with van der Waals surface area (Å²) in [4.78, 5) is 19.0. The largest absolute Gasteiger partial charge is 0.337 e. The highest BCUT2D eigenvalue weighted by Crippen LogP contribution is 2.30. The van der Waals surface area contributed by atoms with Gasteiger partial charge in [-0.15, -0.1) is 21.5 Å². The fourth-order valence-electron chi connectivity index (χ4n) is 4.36. The van der Waals surface area contributed by atoms with Gasteiger partial charge in [-0.25, -0.2) is 0 Å². The summed E-state index contributed by atoms with van der Waals surface area (Å²) in [5.41, 5.74) is 2.34. The molecule has 0 aliphatic carbocycles. The number of amides is 1. The maximum atomic E-state index is 13.2. The summed E-state index contributed by atoms with van der Waals surface area (Å²) in [7, 11) is 0. The van der Waals surface area contributed by atoms with Crippen molar-refractivity contribution in [1.82, 2.24) is 24.6 Å². The standard InChI is InChI=1S/C23H27N5OS2/c1-17(22(29)27-13-9-20-18(15-27)10-14-30-20)31-23-25-24-21(16-26-11-5-6-12-26)28(23)19-7-3-2-4-8-19/h2-4,7-8,10,14,17H,5-6,9,11-13,15-16H2,1H3. The molecule has 8 heteroatoms. The van der Waals surface area contributed by atoms with Crippen molar-refractivity contribution < 1.29 is 4.79 Å². The Hall–Kier alpha value is -2.16. The predicted molar refractivity (Wildman–Crippen MR) is 125 cm³/mol. The summed E-state index contributed by atoms with van der Waals surface area (Å²) in [5, 5.41) is 11.7. The molecule has 3 aromatic rings. The summed E-state index contributed by atoms with van der Waals surface area (Å²) in [6, 6.07) is 12.4. The van der Waals surface area contributed by atoms with Crippen molar-refractivity contribution in [3.8, 4) is 5.69 Å². The van der Waals surface area contributed by atoms with E-state index in [0.717, 1.165) is 49.3 Å². The summed E-state index contributed by atoms with van der Waals surface area (Å²) in [6.07, 6.45) is 3.44. The molecule has 4 heterocycles. The minimum atomic E-state index is -0.216. The number of para-hydroxylation sites is 1. The number of benzene rings is 1. The van der Waals surface area contributed by atoms with Gasteiger partial charge >= 0.3 is 0 Å². The fraction of sp³-hybridized carbons (Fsp3) is 0.435. The average Bonchev–Trinajstić information content (AvgIpc) is 3.55. The van der Waals surface area contributed by atoms with E-state index >= 15 is 0 Å². The van der Waals surface area contributed by atoms with E-state index in [1.54, 1.807) is 11.3 Å². The Balaban J connectivity index is 1.35. The van der Waals surface area contributed by atoms with Gasteiger partial charge in [0.25, 0.3) is 0 Å². The van der Waals surface area contributed by atoms with E-state index in [2.05, 4.69) is 43.2 Å². The second-order valence-electron chi connectivity index (χ2n) is 8.19. The van der Waals surface area contributed by atoms with Gasteiger partial charge in [0.05, 0.1) is 11.8 Å². The molecule has 1 aromatic carbocycles. The van der Waals surface area contributed by atoms with Crippen LogP contribution in [0.1, 0.15) is 36.0 Å². The van der Waals surface area contributed by atoms with Crippen molar-refractivity contribution in [2.24, 2.45) is 0 Å². The van der Waals surface area contributed by atoms with Crippen molar-refractivity contribution >= 4 is 29.0 Å². The first kappa shape index (κ1) is 20.7. The Bertz CT molecular complexity index is 1040. The molecule has 31 heavy (non-hydrogen) atoms. The van der Waals surface area contributed by atoms with Crippen LogP contribution in [-0.4, -0.2) is 55.4 Å². The number of carbonyl (C=O) groups is 1. The number of nitrogens with zero attached hydrogens (tertiary/aromatic N) is 5. The van der Waals surface area contributed by atoms with Crippen LogP contribution in [0.25, 0.3) is 5.69 Å². The number of hydrogen-bond donors (Lipinski definition) is 0. The molecule has 5 rings (SSSR count). The molecule has 0 spiro atoms. The summed E-state index contributed by atoms with van der Waals surface area (Å²) >= 11 is 3.31. The molecule has 1 fully saturated rings. The summed E-state index contributed by atoms with van der Waals surface area (Å²) < 4.78 is 2.12. The number of aromatic nitrogens is 3. The van der Waals surface area contributed by atoms with E-state index in [1.165, 1.54) is 35.0 Å². The van der Waals surface area contributed by atoms with E-state index in [0.29, 0.717) is 6.54 Å². The lowest BCUT2D eigenvalue weighted by Gasteiger charge is -2.29. The molecular weight excluding hydrogens is 426 g/mol. The highest BCUT2D eigenvalue weighted by Gasteiger charge is 2.28. The second kappa shape index (κ2) is 9.14. The Morgan fingerprint density at radius 1 is 1.13 bits per heavy atom. The number of carbonyl (C=O) groups excluding carboxylic acids is 1. The zero-order chi connectivity index (χ0) is 21.2. The SMILES string of the molecule is CC(Sc1nnc(CN2CCCC2)n1-c1ccccc1)C(=O)N1CCc2sccc2C1. The highest BCUT2D eigenvalue weighted by molar-refractivity contribution is 8.00. The Morgan fingerprint density at radius 3 is 2.74 bits per heavy atom. The van der Waals surface area contributed by atoms with Crippen LogP contribution in [0.2, 0.25) is 0 Å². The van der Waals surface area contributed by atoms with Gasteiger partial charge in [0.2, 0.25) is 5.91 Å². The van der Waals surface area contributed by atoms with Crippen LogP contribution in [-0.2, 0) is 24.3 Å². The molecule has 2 aliphatic rings. The van der Waals surface area contributed by atoms with Gasteiger partial charge in [-0.3, -0.25) is 14.3 Å². The average molecular weight is 454 g/mol. The van der Waals surface area contributed by atoms with Crippen LogP contribution in [0.3, 0.4) is 0 Å². The zero-order valence-corrected chi connectivity index (χ0v) is 19.4. The van der Waals surface area contributed by atoms with E-state index < -0.39 is 0 Å². The predicted octanol–water partition coefficient (Wildman–Crippen LogP) is 3.99. The van der Waals surface area contributed by atoms with Crippen molar-refractivity contribution in [2.75, 3.05) is 19.6 Å². The third-order valence-corrected chi connectivity index (χ3v) is 8.08. The second-order valence-corrected chi connectivity index (χ2v) is 10.5. The number of thiophene rings is 1. The van der Waals surface area contributed by atoms with Gasteiger partial charge in [0.15, 0.2) is 11.0 Å². The number of likely N-dealkylation sites (tertiary alicyclic amines) is 1. The highest BCUT2D eigenvalue weighted by atomic mass is 32.2. The monoisotopic (exact) mass is 453 g/mol. The van der Waals surface area contributed by atoms with Gasteiger partial charge in [0.1, 0.15) is 0 Å². The molecule has 6 nitrogen and oxygen atoms in total. The van der Waals surface area contributed by atoms with Gasteiger partial charge in [-0.2, -0.15) is 0 Å². The molecule has 2 aliphatic heterocycles. The first-order valence-corrected chi connectivity index (χ1v) is 12.7. The van der Waals surface area contributed by atoms with Crippen LogP contribution in [0, 0.1) is 0 Å². The zero-order valence-electron chi connectivity index (χ0n) is 17.7. The molecular formula is C23H27N5OS2. The van der Waals surface area contributed by atoms with Crippen LogP contribution >= 0.6 is 23.1 Å². The molecule has 1 unspecified atom stereocenters. The van der Waals surface area contributed by atoms with E-state index in [1.807, 2.05) is 30.0 Å². The normalized spacial score (nSPS) is 17.6. The molecule has 1 saturated heterocycles. The summed E-state index contributed by atoms with van der Waals surface area (Å²) in [5.74, 6) is 1.11. The van der Waals surface area contributed by atoms with Crippen molar-refractivity contribution in [3.63, 3.8) is 0 Å². The van der Waals surface area contributed by atoms with E-state index in [-0.39, 0.29) is 11.2 Å². The van der Waals surface area contributed by atoms with Crippen LogP contribution < -0.4 is 0 Å². The molecule has 0 N–H and O–H groups in total. The van der Waals surface area contributed by atoms with Crippen molar-refractivity contribution in [2.45, 2.75) is 49.7 Å². The van der Waals surface area contributed by atoms with Gasteiger partial charge < -0.3 is 4.90 Å². The fourth-order valence-corrected chi connectivity index (χ4v) is 6.22. The van der Waals surface area contributed by atoms with Crippen molar-refractivity contribution in [3.05, 3.63) is 58.0 Å². The van der Waals surface area contributed by atoms with Crippen molar-refractivity contribution in [1.29, 1.82) is 0 Å². The Morgan fingerprint density at radius 2 is 1.94 bits per heavy atom. The molecule has 162 valence electrons. The van der Waals surface area contributed by atoms with Gasteiger partial charge in [-0.1, -0.05) is 30.0 Å². The van der Waals surface area contributed by atoms with Crippen LogP contribution in [0.4, 0.5) is 0 Å². The first-order valence-electron chi connectivity index (χ1n) is 10.9. The topological polar surface area (TPSA) is 54.3 Å². The molecule has 0 radical (unpaired) electrons. The van der Waals surface area contributed by atoms with E-state index in [4.69, 9.17) is 0 Å². The number of thioether (sulfide) groups is 1. The number of rotatable bonds is 6. The number of fused-ring (bicyclic) bond motifs is 1. The lowest BCUT2D eigenvalue weighted by molar-refractivity contribution is -0.131. The lowest BCUT2D eigenvalue weighted by atomic mass is 10.1.